The van der Waals surface area contributed by atoms with Gasteiger partial charge in [0.25, 0.3) is 5.91 Å². The van der Waals surface area contributed by atoms with Gasteiger partial charge >= 0.3 is 11.9 Å². The number of amides is 1. The Morgan fingerprint density at radius 2 is 1.48 bits per heavy atom. The molecule has 2 aromatic heterocycles. The summed E-state index contributed by atoms with van der Waals surface area (Å²) in [6, 6.07) is 29.8. The number of anilines is 1. The summed E-state index contributed by atoms with van der Waals surface area (Å²) in [5.41, 5.74) is 5.23. The molecule has 0 saturated heterocycles. The van der Waals surface area contributed by atoms with E-state index < -0.39 is 23.4 Å². The third kappa shape index (κ3) is 5.47. The Hall–Kier alpha value is -5.83. The second-order valence-electron chi connectivity index (χ2n) is 11.6. The van der Waals surface area contributed by atoms with E-state index in [1.165, 1.54) is 18.6 Å². The molecule has 3 N–H and O–H groups in total. The molecule has 1 saturated carbocycles. The first kappa shape index (κ1) is 28.9. The van der Waals surface area contributed by atoms with E-state index in [4.69, 9.17) is 9.97 Å². The summed E-state index contributed by atoms with van der Waals surface area (Å²) in [6.07, 6.45) is 5.61. The molecule has 0 atom stereocenters. The van der Waals surface area contributed by atoms with Crippen molar-refractivity contribution in [2.45, 2.75) is 38.1 Å². The second-order valence-corrected chi connectivity index (χ2v) is 11.6. The number of hydrogen-bond donors (Lipinski definition) is 3. The Kier molecular flexibility index (Phi) is 7.50. The molecule has 0 radical (unpaired) electrons. The molecule has 9 heteroatoms. The van der Waals surface area contributed by atoms with Crippen LogP contribution < -0.4 is 5.32 Å². The maximum atomic E-state index is 13.3. The van der Waals surface area contributed by atoms with Crippen LogP contribution in [0.3, 0.4) is 0 Å². The Bertz CT molecular complexity index is 2150. The highest BCUT2D eigenvalue weighted by Crippen LogP contribution is 2.37. The van der Waals surface area contributed by atoms with Gasteiger partial charge in [-0.05, 0) is 73.5 Å². The molecule has 9 nitrogen and oxygen atoms in total. The minimum absolute atomic E-state index is 0.182. The molecule has 0 bridgehead atoms. The summed E-state index contributed by atoms with van der Waals surface area (Å²) >= 11 is 0. The average molecular weight is 611 g/mol. The number of carbonyl (C=O) groups is 3. The molecule has 7 rings (SSSR count). The highest BCUT2D eigenvalue weighted by atomic mass is 16.4. The van der Waals surface area contributed by atoms with Gasteiger partial charge in [0, 0.05) is 33.8 Å². The number of carbonyl (C=O) groups excluding carboxylic acids is 1. The summed E-state index contributed by atoms with van der Waals surface area (Å²) in [7, 11) is 0. The van der Waals surface area contributed by atoms with Crippen LogP contribution in [0.2, 0.25) is 0 Å². The maximum Gasteiger partial charge on any atom is 0.336 e. The average Bonchev–Trinajstić information content (AvgIpc) is 3.47. The highest BCUT2D eigenvalue weighted by Gasteiger charge is 2.24. The number of nitrogens with one attached hydrogen (secondary N) is 1. The lowest BCUT2D eigenvalue weighted by molar-refractivity contribution is 0.0651. The Balaban J connectivity index is 1.25. The lowest BCUT2D eigenvalue weighted by Gasteiger charge is -2.25. The van der Waals surface area contributed by atoms with Crippen LogP contribution in [0.25, 0.3) is 44.6 Å². The zero-order chi connectivity index (χ0) is 31.8. The van der Waals surface area contributed by atoms with Gasteiger partial charge in [0.15, 0.2) is 0 Å². The smallest absolute Gasteiger partial charge is 0.336 e. The van der Waals surface area contributed by atoms with Crippen LogP contribution in [0.1, 0.15) is 69.2 Å². The summed E-state index contributed by atoms with van der Waals surface area (Å²) in [5, 5.41) is 22.5. The van der Waals surface area contributed by atoms with Crippen molar-refractivity contribution in [3.05, 3.63) is 114 Å². The van der Waals surface area contributed by atoms with Crippen molar-refractivity contribution in [1.29, 1.82) is 0 Å². The predicted molar refractivity (Wildman–Crippen MR) is 176 cm³/mol. The van der Waals surface area contributed by atoms with Crippen molar-refractivity contribution in [3.8, 4) is 22.6 Å². The number of fused-ring (bicyclic) bond motifs is 2. The lowest BCUT2D eigenvalue weighted by atomic mass is 9.94. The topological polar surface area (TPSA) is 134 Å². The number of benzene rings is 4. The van der Waals surface area contributed by atoms with Crippen molar-refractivity contribution in [3.63, 3.8) is 0 Å². The van der Waals surface area contributed by atoms with Gasteiger partial charge in [0.2, 0.25) is 0 Å². The molecule has 0 aliphatic heterocycles. The first-order chi connectivity index (χ1) is 22.4. The van der Waals surface area contributed by atoms with E-state index in [0.29, 0.717) is 11.1 Å². The SMILES string of the molecule is O=C(Nc1ccc(C(=O)O)c(C(=O)O)c1)c1ccc2c(c1)nc(-c1ccc3nc(-c4ccccc4)ccc3c1)n2C1CCCCC1. The van der Waals surface area contributed by atoms with Gasteiger partial charge in [-0.1, -0.05) is 55.7 Å². The summed E-state index contributed by atoms with van der Waals surface area (Å²) < 4.78 is 2.31. The number of aromatic carboxylic acids is 2. The minimum Gasteiger partial charge on any atom is -0.478 e. The van der Waals surface area contributed by atoms with E-state index in [0.717, 1.165) is 70.8 Å². The summed E-state index contributed by atoms with van der Waals surface area (Å²) in [5.74, 6) is -2.37. The number of carboxylic acids is 2. The molecule has 0 spiro atoms. The van der Waals surface area contributed by atoms with Crippen molar-refractivity contribution >= 4 is 45.5 Å². The van der Waals surface area contributed by atoms with Gasteiger partial charge in [0.1, 0.15) is 5.82 Å². The van der Waals surface area contributed by atoms with E-state index in [1.807, 2.05) is 48.5 Å². The van der Waals surface area contributed by atoms with E-state index in [9.17, 15) is 24.6 Å². The zero-order valence-corrected chi connectivity index (χ0v) is 24.8. The van der Waals surface area contributed by atoms with Gasteiger partial charge in [0.05, 0.1) is 33.4 Å². The summed E-state index contributed by atoms with van der Waals surface area (Å²) in [6.45, 7) is 0. The van der Waals surface area contributed by atoms with Gasteiger partial charge in [-0.25, -0.2) is 19.6 Å². The Morgan fingerprint density at radius 1 is 0.696 bits per heavy atom. The quantitative estimate of drug-likeness (QED) is 0.166. The van der Waals surface area contributed by atoms with Crippen LogP contribution in [-0.2, 0) is 0 Å². The predicted octanol–water partition coefficient (Wildman–Crippen LogP) is 8.07. The number of hydrogen-bond acceptors (Lipinski definition) is 5. The van der Waals surface area contributed by atoms with Crippen LogP contribution in [0.4, 0.5) is 5.69 Å². The first-order valence-corrected chi connectivity index (χ1v) is 15.3. The molecule has 228 valence electrons. The fourth-order valence-electron chi connectivity index (χ4n) is 6.38. The monoisotopic (exact) mass is 610 g/mol. The first-order valence-electron chi connectivity index (χ1n) is 15.3. The second kappa shape index (κ2) is 11.9. The van der Waals surface area contributed by atoms with E-state index >= 15 is 0 Å². The van der Waals surface area contributed by atoms with Gasteiger partial charge in [-0.3, -0.25) is 4.79 Å². The van der Waals surface area contributed by atoms with Crippen molar-refractivity contribution in [1.82, 2.24) is 14.5 Å². The minimum atomic E-state index is -1.39. The number of aromatic nitrogens is 3. The Morgan fingerprint density at radius 3 is 2.24 bits per heavy atom. The number of imidazole rings is 1. The fourth-order valence-corrected chi connectivity index (χ4v) is 6.38. The van der Waals surface area contributed by atoms with E-state index in [-0.39, 0.29) is 17.3 Å². The van der Waals surface area contributed by atoms with Crippen molar-refractivity contribution in [2.24, 2.45) is 0 Å². The molecule has 1 aliphatic rings. The Labute approximate surface area is 264 Å². The molecule has 6 aromatic rings. The standard InChI is InChI=1S/C37H30N4O5/c42-35(38-26-14-15-28(36(43)44)29(21-26)37(45)46)25-13-18-33-32(20-25)40-34(41(33)27-9-5-2-6-10-27)24-12-17-31-23(19-24)11-16-30(39-31)22-7-3-1-4-8-22/h1,3-4,7-8,11-21,27H,2,5-6,9-10H2,(H,38,42)(H,43,44)(H,45,46). The molecule has 1 fully saturated rings. The lowest BCUT2D eigenvalue weighted by Crippen LogP contribution is -2.15. The normalized spacial score (nSPS) is 13.6. The molecule has 1 amide bonds. The van der Waals surface area contributed by atoms with Crippen molar-refractivity contribution in [2.75, 3.05) is 5.32 Å². The molecular formula is C37H30N4O5. The maximum absolute atomic E-state index is 13.3. The highest BCUT2D eigenvalue weighted by molar-refractivity contribution is 6.08. The number of nitrogens with zero attached hydrogens (tertiary/aromatic N) is 3. The molecule has 2 heterocycles. The molecule has 1 aliphatic carbocycles. The van der Waals surface area contributed by atoms with E-state index in [1.54, 1.807) is 12.1 Å². The van der Waals surface area contributed by atoms with Crippen LogP contribution in [0, 0.1) is 0 Å². The van der Waals surface area contributed by atoms with Crippen LogP contribution in [-0.4, -0.2) is 42.6 Å². The largest absolute Gasteiger partial charge is 0.478 e. The molecule has 4 aromatic carbocycles. The third-order valence-electron chi connectivity index (χ3n) is 8.65. The van der Waals surface area contributed by atoms with Gasteiger partial charge in [-0.15, -0.1) is 0 Å². The van der Waals surface area contributed by atoms with E-state index in [2.05, 4.69) is 28.1 Å². The fraction of sp³-hybridized carbons (Fsp3) is 0.162. The van der Waals surface area contributed by atoms with Gasteiger partial charge < -0.3 is 20.1 Å². The molecular weight excluding hydrogens is 580 g/mol. The molecule has 46 heavy (non-hydrogen) atoms. The van der Waals surface area contributed by atoms with Crippen LogP contribution in [0.5, 0.6) is 0 Å². The number of pyridine rings is 1. The van der Waals surface area contributed by atoms with Crippen LogP contribution >= 0.6 is 0 Å². The number of rotatable bonds is 7. The number of carboxylic acid groups (broad SMARTS) is 2. The van der Waals surface area contributed by atoms with Gasteiger partial charge in [-0.2, -0.15) is 0 Å². The summed E-state index contributed by atoms with van der Waals surface area (Å²) in [4.78, 5) is 46.3. The van der Waals surface area contributed by atoms with Crippen LogP contribution in [0.15, 0.2) is 97.1 Å². The molecule has 0 unspecified atom stereocenters. The van der Waals surface area contributed by atoms with Crippen molar-refractivity contribution < 1.29 is 24.6 Å². The third-order valence-corrected chi connectivity index (χ3v) is 8.65. The zero-order valence-electron chi connectivity index (χ0n) is 24.8.